The number of nitrogens with one attached hydrogen (secondary N) is 1. The molecular weight excluding hydrogens is 150 g/mol. The molecule has 0 spiro atoms. The lowest BCUT2D eigenvalue weighted by Crippen LogP contribution is -2.37. The van der Waals surface area contributed by atoms with Gasteiger partial charge in [0.2, 0.25) is 0 Å². The Morgan fingerprint density at radius 3 is 2.00 bits per heavy atom. The number of aliphatic hydroxyl groups excluding tert-OH is 1. The Labute approximate surface area is 77.4 Å². The van der Waals surface area contributed by atoms with Gasteiger partial charge in [0.25, 0.3) is 0 Å². The van der Waals surface area contributed by atoms with E-state index in [-0.39, 0.29) is 12.6 Å². The number of hydrogen-bond donors (Lipinski definition) is 2. The third kappa shape index (κ3) is 8.02. The summed E-state index contributed by atoms with van der Waals surface area (Å²) in [5.74, 6) is 0.525. The average molecular weight is 175 g/mol. The van der Waals surface area contributed by atoms with E-state index >= 15 is 0 Å². The van der Waals surface area contributed by atoms with E-state index in [2.05, 4.69) is 26.1 Å². The molecule has 0 rings (SSSR count). The highest BCUT2D eigenvalue weighted by Crippen LogP contribution is 1.99. The van der Waals surface area contributed by atoms with Crippen molar-refractivity contribution in [2.24, 2.45) is 5.92 Å². The number of rotatable bonds is 5. The van der Waals surface area contributed by atoms with Crippen molar-refractivity contribution in [2.75, 3.05) is 13.2 Å². The van der Waals surface area contributed by atoms with Gasteiger partial charge in [-0.2, -0.15) is 0 Å². The largest absolute Gasteiger partial charge is 0.395 e. The second-order valence-electron chi connectivity index (χ2n) is 2.99. The highest BCUT2D eigenvalue weighted by Gasteiger charge is 2.09. The Kier molecular flexibility index (Phi) is 13.1. The summed E-state index contributed by atoms with van der Waals surface area (Å²) in [5.41, 5.74) is 0. The fourth-order valence-corrected chi connectivity index (χ4v) is 0.841. The topological polar surface area (TPSA) is 32.3 Å². The van der Waals surface area contributed by atoms with Gasteiger partial charge in [0, 0.05) is 6.04 Å². The summed E-state index contributed by atoms with van der Waals surface area (Å²) < 4.78 is 0. The molecule has 76 valence electrons. The van der Waals surface area contributed by atoms with E-state index < -0.39 is 0 Å². The standard InChI is InChI=1S/C8H19NO.C2H6/c1-4-5-9-8(6-10)7(2)3;1-2/h7-10H,4-6H2,1-3H3;1-2H3/t8-;/m0./s1. The van der Waals surface area contributed by atoms with Crippen LogP contribution in [0.25, 0.3) is 0 Å². The minimum Gasteiger partial charge on any atom is -0.395 e. The third-order valence-corrected chi connectivity index (χ3v) is 1.66. The Bertz CT molecular complexity index is 74.2. The van der Waals surface area contributed by atoms with E-state index in [0.717, 1.165) is 13.0 Å². The molecule has 0 saturated carbocycles. The maximum absolute atomic E-state index is 8.86. The van der Waals surface area contributed by atoms with Crippen LogP contribution in [0.2, 0.25) is 0 Å². The molecule has 0 radical (unpaired) electrons. The van der Waals surface area contributed by atoms with E-state index in [9.17, 15) is 0 Å². The van der Waals surface area contributed by atoms with Crippen LogP contribution in [0.15, 0.2) is 0 Å². The molecular formula is C10H25NO. The zero-order valence-corrected chi connectivity index (χ0v) is 9.22. The minimum atomic E-state index is 0.248. The van der Waals surface area contributed by atoms with Crippen molar-refractivity contribution < 1.29 is 5.11 Å². The summed E-state index contributed by atoms with van der Waals surface area (Å²) in [7, 11) is 0. The van der Waals surface area contributed by atoms with Crippen LogP contribution >= 0.6 is 0 Å². The van der Waals surface area contributed by atoms with Crippen molar-refractivity contribution in [3.05, 3.63) is 0 Å². The normalized spacial score (nSPS) is 12.2. The van der Waals surface area contributed by atoms with E-state index in [0.29, 0.717) is 5.92 Å². The molecule has 0 aliphatic rings. The number of aliphatic hydroxyl groups is 1. The van der Waals surface area contributed by atoms with Gasteiger partial charge >= 0.3 is 0 Å². The molecule has 0 aliphatic carbocycles. The maximum atomic E-state index is 8.86. The van der Waals surface area contributed by atoms with Crippen molar-refractivity contribution in [1.29, 1.82) is 0 Å². The van der Waals surface area contributed by atoms with Crippen LogP contribution in [0.5, 0.6) is 0 Å². The molecule has 0 heterocycles. The molecule has 0 aliphatic heterocycles. The van der Waals surface area contributed by atoms with Gasteiger partial charge in [-0.25, -0.2) is 0 Å². The fraction of sp³-hybridized carbons (Fsp3) is 1.00. The van der Waals surface area contributed by atoms with Crippen LogP contribution in [0.3, 0.4) is 0 Å². The SMILES string of the molecule is CC.CCCN[C@@H](CO)C(C)C. The number of hydrogen-bond acceptors (Lipinski definition) is 2. The highest BCUT2D eigenvalue weighted by atomic mass is 16.3. The molecule has 2 nitrogen and oxygen atoms in total. The van der Waals surface area contributed by atoms with Gasteiger partial charge in [-0.3, -0.25) is 0 Å². The third-order valence-electron chi connectivity index (χ3n) is 1.66. The van der Waals surface area contributed by atoms with E-state index in [1.807, 2.05) is 13.8 Å². The maximum Gasteiger partial charge on any atom is 0.0587 e. The van der Waals surface area contributed by atoms with Crippen molar-refractivity contribution in [3.8, 4) is 0 Å². The Morgan fingerprint density at radius 1 is 1.25 bits per heavy atom. The molecule has 0 aromatic heterocycles. The predicted octanol–water partition coefficient (Wildman–Crippen LogP) is 2.03. The lowest BCUT2D eigenvalue weighted by molar-refractivity contribution is 0.211. The van der Waals surface area contributed by atoms with Crippen molar-refractivity contribution in [2.45, 2.75) is 47.1 Å². The average Bonchev–Trinajstić information content (AvgIpc) is 2.09. The van der Waals surface area contributed by atoms with Gasteiger partial charge in [0.1, 0.15) is 0 Å². The molecule has 0 saturated heterocycles. The first-order valence-corrected chi connectivity index (χ1v) is 5.06. The molecule has 0 aromatic carbocycles. The van der Waals surface area contributed by atoms with Gasteiger partial charge < -0.3 is 10.4 Å². The predicted molar refractivity (Wildman–Crippen MR) is 55.4 cm³/mol. The van der Waals surface area contributed by atoms with E-state index in [1.165, 1.54) is 0 Å². The van der Waals surface area contributed by atoms with Crippen LogP contribution < -0.4 is 5.32 Å². The quantitative estimate of drug-likeness (QED) is 0.670. The van der Waals surface area contributed by atoms with Crippen molar-refractivity contribution in [1.82, 2.24) is 5.32 Å². The Hall–Kier alpha value is -0.0800. The molecule has 1 atom stereocenters. The van der Waals surface area contributed by atoms with Crippen LogP contribution in [-0.4, -0.2) is 24.3 Å². The summed E-state index contributed by atoms with van der Waals surface area (Å²) in [6.45, 7) is 11.6. The van der Waals surface area contributed by atoms with Gasteiger partial charge in [0.05, 0.1) is 6.61 Å². The van der Waals surface area contributed by atoms with Crippen LogP contribution in [-0.2, 0) is 0 Å². The zero-order chi connectivity index (χ0) is 9.98. The van der Waals surface area contributed by atoms with E-state index in [4.69, 9.17) is 5.11 Å². The summed E-state index contributed by atoms with van der Waals surface area (Å²) in [6.07, 6.45) is 1.13. The van der Waals surface area contributed by atoms with Crippen LogP contribution in [0, 0.1) is 5.92 Å². The molecule has 0 amide bonds. The highest BCUT2D eigenvalue weighted by molar-refractivity contribution is 4.67. The summed E-state index contributed by atoms with van der Waals surface area (Å²) in [6, 6.07) is 0.278. The minimum absolute atomic E-state index is 0.248. The first-order valence-electron chi connectivity index (χ1n) is 5.06. The lowest BCUT2D eigenvalue weighted by Gasteiger charge is -2.19. The second-order valence-corrected chi connectivity index (χ2v) is 2.99. The molecule has 2 N–H and O–H groups in total. The second kappa shape index (κ2) is 10.9. The van der Waals surface area contributed by atoms with Crippen molar-refractivity contribution >= 4 is 0 Å². The molecule has 0 aromatic rings. The molecule has 2 heteroatoms. The Morgan fingerprint density at radius 2 is 1.75 bits per heavy atom. The first-order chi connectivity index (χ1) is 5.72. The van der Waals surface area contributed by atoms with Crippen LogP contribution in [0.4, 0.5) is 0 Å². The molecule has 0 bridgehead atoms. The molecule has 0 unspecified atom stereocenters. The van der Waals surface area contributed by atoms with Crippen LogP contribution in [0.1, 0.15) is 41.0 Å². The lowest BCUT2D eigenvalue weighted by atomic mass is 10.1. The molecule has 12 heavy (non-hydrogen) atoms. The van der Waals surface area contributed by atoms with Gasteiger partial charge in [-0.1, -0.05) is 34.6 Å². The van der Waals surface area contributed by atoms with Gasteiger partial charge in [-0.05, 0) is 18.9 Å². The summed E-state index contributed by atoms with van der Waals surface area (Å²) in [4.78, 5) is 0. The van der Waals surface area contributed by atoms with Gasteiger partial charge in [-0.15, -0.1) is 0 Å². The monoisotopic (exact) mass is 175 g/mol. The zero-order valence-electron chi connectivity index (χ0n) is 9.22. The first kappa shape index (κ1) is 14.4. The smallest absolute Gasteiger partial charge is 0.0587 e. The summed E-state index contributed by atoms with van der Waals surface area (Å²) in [5, 5.41) is 12.1. The fourth-order valence-electron chi connectivity index (χ4n) is 0.841. The Balaban J connectivity index is 0. The molecule has 0 fully saturated rings. The van der Waals surface area contributed by atoms with Crippen molar-refractivity contribution in [3.63, 3.8) is 0 Å². The van der Waals surface area contributed by atoms with E-state index in [1.54, 1.807) is 0 Å². The summed E-state index contributed by atoms with van der Waals surface area (Å²) >= 11 is 0. The van der Waals surface area contributed by atoms with Gasteiger partial charge in [0.15, 0.2) is 0 Å².